The normalized spacial score (nSPS) is 20.8. The van der Waals surface area contributed by atoms with Gasteiger partial charge in [-0.2, -0.15) is 18.4 Å². The smallest absolute Gasteiger partial charge is 0.417 e. The third kappa shape index (κ3) is 3.52. The topological polar surface area (TPSA) is 93.9 Å². The number of ether oxygens (including phenoxy) is 1. The van der Waals surface area contributed by atoms with Crippen molar-refractivity contribution in [2.75, 3.05) is 23.0 Å². The lowest BCUT2D eigenvalue weighted by molar-refractivity contribution is -0.137. The van der Waals surface area contributed by atoms with Crippen LogP contribution in [0.4, 0.5) is 33.7 Å². The van der Waals surface area contributed by atoms with Crippen LogP contribution in [0.3, 0.4) is 0 Å². The van der Waals surface area contributed by atoms with E-state index in [2.05, 4.69) is 0 Å². The molecule has 2 fully saturated rings. The first kappa shape index (κ1) is 21.6. The van der Waals surface area contributed by atoms with Crippen molar-refractivity contribution in [2.24, 2.45) is 0 Å². The Labute approximate surface area is 179 Å². The van der Waals surface area contributed by atoms with Crippen molar-refractivity contribution in [2.45, 2.75) is 24.7 Å². The number of amides is 2. The average Bonchev–Trinajstić information content (AvgIpc) is 3.04. The number of carboxylic acids is 1. The summed E-state index contributed by atoms with van der Waals surface area (Å²) in [5.41, 5.74) is -2.31. The monoisotopic (exact) mass is 449 g/mol. The highest BCUT2D eigenvalue weighted by molar-refractivity contribution is 6.08. The number of aromatic carboxylic acids is 1. The number of carbonyl (C=O) groups is 2. The van der Waals surface area contributed by atoms with Crippen molar-refractivity contribution in [3.05, 3.63) is 58.9 Å². The average molecular weight is 449 g/mol. The fraction of sp³-hybridized carbons (Fsp3) is 0.286. The van der Waals surface area contributed by atoms with Crippen LogP contribution in [0, 0.1) is 17.1 Å². The van der Waals surface area contributed by atoms with Gasteiger partial charge in [-0.3, -0.25) is 9.80 Å². The van der Waals surface area contributed by atoms with Gasteiger partial charge >= 0.3 is 18.2 Å². The summed E-state index contributed by atoms with van der Waals surface area (Å²) in [4.78, 5) is 26.8. The Balaban J connectivity index is 1.79. The summed E-state index contributed by atoms with van der Waals surface area (Å²) in [5, 5.41) is 18.0. The van der Waals surface area contributed by atoms with Gasteiger partial charge in [0.05, 0.1) is 41.5 Å². The Kier molecular flexibility index (Phi) is 5.26. The maximum absolute atomic E-state index is 14.3. The molecule has 166 valence electrons. The van der Waals surface area contributed by atoms with Crippen molar-refractivity contribution in [3.63, 3.8) is 0 Å². The number of carboxylic acid groups (broad SMARTS) is 1. The van der Waals surface area contributed by atoms with Gasteiger partial charge < -0.3 is 9.84 Å². The maximum atomic E-state index is 14.3. The number of anilines is 2. The van der Waals surface area contributed by atoms with Crippen molar-refractivity contribution in [1.29, 1.82) is 5.26 Å². The van der Waals surface area contributed by atoms with Gasteiger partial charge in [-0.05, 0) is 42.8 Å². The number of hydrogen-bond donors (Lipinski definition) is 1. The van der Waals surface area contributed by atoms with E-state index in [0.717, 1.165) is 29.2 Å². The highest BCUT2D eigenvalue weighted by atomic mass is 19.4. The quantitative estimate of drug-likeness (QED) is 0.715. The van der Waals surface area contributed by atoms with Gasteiger partial charge in [-0.15, -0.1) is 0 Å². The van der Waals surface area contributed by atoms with Gasteiger partial charge in [0.15, 0.2) is 0 Å². The van der Waals surface area contributed by atoms with Crippen LogP contribution in [0.2, 0.25) is 0 Å². The summed E-state index contributed by atoms with van der Waals surface area (Å²) in [6.45, 7) is 0.333. The molecule has 4 rings (SSSR count). The van der Waals surface area contributed by atoms with E-state index in [9.17, 15) is 27.2 Å². The zero-order chi connectivity index (χ0) is 23.2. The van der Waals surface area contributed by atoms with Gasteiger partial charge in [-0.25, -0.2) is 14.0 Å². The minimum atomic E-state index is -4.80. The summed E-state index contributed by atoms with van der Waals surface area (Å²) >= 11 is 0. The van der Waals surface area contributed by atoms with E-state index in [4.69, 9.17) is 15.1 Å². The zero-order valence-electron chi connectivity index (χ0n) is 16.3. The number of nitrogens with zero attached hydrogens (tertiary/aromatic N) is 3. The van der Waals surface area contributed by atoms with E-state index in [1.807, 2.05) is 0 Å². The molecule has 1 N–H and O–H groups in total. The molecule has 2 aliphatic heterocycles. The molecule has 32 heavy (non-hydrogen) atoms. The summed E-state index contributed by atoms with van der Waals surface area (Å²) in [6, 6.07) is 5.80. The first-order chi connectivity index (χ1) is 15.1. The van der Waals surface area contributed by atoms with Crippen LogP contribution in [-0.2, 0) is 10.9 Å². The van der Waals surface area contributed by atoms with E-state index >= 15 is 0 Å². The third-order valence-corrected chi connectivity index (χ3v) is 5.53. The molecule has 2 atom stereocenters. The number of carbonyl (C=O) groups excluding carboxylic acids is 1. The van der Waals surface area contributed by atoms with Gasteiger partial charge in [0, 0.05) is 18.0 Å². The molecule has 0 bridgehead atoms. The molecule has 0 unspecified atom stereocenters. The molecular weight excluding hydrogens is 434 g/mol. The highest BCUT2D eigenvalue weighted by Gasteiger charge is 2.49. The molecule has 0 aliphatic carbocycles. The number of halogens is 4. The predicted molar refractivity (Wildman–Crippen MR) is 103 cm³/mol. The molecule has 2 aliphatic rings. The molecular formula is C21H15F4N3O4. The molecule has 2 amide bonds. The number of urea groups is 1. The Morgan fingerprint density at radius 3 is 2.41 bits per heavy atom. The van der Waals surface area contributed by atoms with Crippen LogP contribution in [0.1, 0.15) is 27.9 Å². The lowest BCUT2D eigenvalue weighted by Gasteiger charge is -2.32. The molecule has 7 nitrogen and oxygen atoms in total. The van der Waals surface area contributed by atoms with Crippen molar-refractivity contribution < 1.29 is 37.0 Å². The molecule has 0 aromatic heterocycles. The molecule has 0 spiro atoms. The first-order valence-corrected chi connectivity index (χ1v) is 9.48. The number of benzene rings is 2. The first-order valence-electron chi connectivity index (χ1n) is 9.48. The SMILES string of the molecule is N#Cc1ccc(N2C(=O)N(c3ccc(C(=O)O)c(F)c3)[C@H]3CCOC[C@@H]32)cc1C(F)(F)F. The Bertz CT molecular complexity index is 1140. The minimum Gasteiger partial charge on any atom is -0.478 e. The number of hydrogen-bond acceptors (Lipinski definition) is 4. The number of fused-ring (bicyclic) bond motifs is 1. The standard InChI is InChI=1S/C21H15F4N3O4/c22-16-8-13(3-4-14(16)19(29)30)27-17-5-6-32-10-18(17)28(20(27)31)12-2-1-11(9-26)15(7-12)21(23,24)25/h1-4,7-8,17-18H,5-6,10H2,(H,29,30)/t17-,18-/m0/s1. The van der Waals surface area contributed by atoms with Crippen LogP contribution in [0.15, 0.2) is 36.4 Å². The number of rotatable bonds is 3. The van der Waals surface area contributed by atoms with Gasteiger partial charge in [-0.1, -0.05) is 0 Å². The van der Waals surface area contributed by atoms with Crippen LogP contribution in [0.5, 0.6) is 0 Å². The second kappa shape index (κ2) is 7.80. The third-order valence-electron chi connectivity index (χ3n) is 5.53. The lowest BCUT2D eigenvalue weighted by atomic mass is 10.0. The fourth-order valence-corrected chi connectivity index (χ4v) is 4.10. The predicted octanol–water partition coefficient (Wildman–Crippen LogP) is 4.02. The van der Waals surface area contributed by atoms with Crippen LogP contribution >= 0.6 is 0 Å². The van der Waals surface area contributed by atoms with Crippen molar-refractivity contribution >= 4 is 23.4 Å². The molecule has 0 radical (unpaired) electrons. The zero-order valence-corrected chi connectivity index (χ0v) is 16.3. The number of nitriles is 1. The highest BCUT2D eigenvalue weighted by Crippen LogP contribution is 2.40. The van der Waals surface area contributed by atoms with E-state index in [0.29, 0.717) is 6.42 Å². The molecule has 2 heterocycles. The van der Waals surface area contributed by atoms with Crippen LogP contribution in [0.25, 0.3) is 0 Å². The van der Waals surface area contributed by atoms with Crippen molar-refractivity contribution in [1.82, 2.24) is 0 Å². The second-order valence-electron chi connectivity index (χ2n) is 7.33. The molecule has 11 heteroatoms. The lowest BCUT2D eigenvalue weighted by Crippen LogP contribution is -2.45. The van der Waals surface area contributed by atoms with E-state index < -0.39 is 52.8 Å². The van der Waals surface area contributed by atoms with E-state index in [1.54, 1.807) is 0 Å². The minimum absolute atomic E-state index is 0.0456. The molecule has 2 aromatic rings. The van der Waals surface area contributed by atoms with Gasteiger partial charge in [0.1, 0.15) is 5.82 Å². The van der Waals surface area contributed by atoms with Crippen LogP contribution < -0.4 is 9.80 Å². The summed E-state index contributed by atoms with van der Waals surface area (Å²) in [6.07, 6.45) is -4.46. The summed E-state index contributed by atoms with van der Waals surface area (Å²) in [5.74, 6) is -2.51. The Morgan fingerprint density at radius 1 is 1.12 bits per heavy atom. The Hall–Kier alpha value is -3.65. The Morgan fingerprint density at radius 2 is 1.78 bits per heavy atom. The van der Waals surface area contributed by atoms with Crippen LogP contribution in [-0.4, -0.2) is 42.4 Å². The molecule has 0 saturated carbocycles. The summed E-state index contributed by atoms with van der Waals surface area (Å²) < 4.78 is 60.0. The molecule has 2 aromatic carbocycles. The largest absolute Gasteiger partial charge is 0.478 e. The molecule has 2 saturated heterocycles. The second-order valence-corrected chi connectivity index (χ2v) is 7.33. The van der Waals surface area contributed by atoms with E-state index in [1.165, 1.54) is 23.1 Å². The van der Waals surface area contributed by atoms with E-state index in [-0.39, 0.29) is 24.6 Å². The van der Waals surface area contributed by atoms with Gasteiger partial charge in [0.25, 0.3) is 0 Å². The van der Waals surface area contributed by atoms with Crippen molar-refractivity contribution in [3.8, 4) is 6.07 Å². The number of alkyl halides is 3. The summed E-state index contributed by atoms with van der Waals surface area (Å²) in [7, 11) is 0. The fourth-order valence-electron chi connectivity index (χ4n) is 4.10. The van der Waals surface area contributed by atoms with Gasteiger partial charge in [0.2, 0.25) is 0 Å². The maximum Gasteiger partial charge on any atom is 0.417 e.